The van der Waals surface area contributed by atoms with Gasteiger partial charge in [-0.3, -0.25) is 19.3 Å². The van der Waals surface area contributed by atoms with Gasteiger partial charge in [-0.25, -0.2) is 0 Å². The van der Waals surface area contributed by atoms with Crippen LogP contribution in [0.3, 0.4) is 0 Å². The molecule has 0 spiro atoms. The highest BCUT2D eigenvalue weighted by Gasteiger charge is 2.35. The van der Waals surface area contributed by atoms with E-state index in [-0.39, 0.29) is 35.9 Å². The van der Waals surface area contributed by atoms with Crippen molar-refractivity contribution in [2.24, 2.45) is 0 Å². The number of ether oxygens (including phenoxy) is 2. The third kappa shape index (κ3) is 4.52. The van der Waals surface area contributed by atoms with Crippen molar-refractivity contribution >= 4 is 17.7 Å². The van der Waals surface area contributed by atoms with Gasteiger partial charge in [0, 0.05) is 25.8 Å². The van der Waals surface area contributed by atoms with Crippen LogP contribution in [0.25, 0.3) is 0 Å². The molecule has 7 heteroatoms. The number of nitrogens with one attached hydrogen (secondary N) is 1. The third-order valence-corrected chi connectivity index (χ3v) is 5.00. The fourth-order valence-electron chi connectivity index (χ4n) is 3.38. The van der Waals surface area contributed by atoms with Crippen LogP contribution in [0, 0.1) is 0 Å². The van der Waals surface area contributed by atoms with E-state index in [4.69, 9.17) is 9.47 Å². The lowest BCUT2D eigenvalue weighted by Crippen LogP contribution is -2.31. The van der Waals surface area contributed by atoms with Gasteiger partial charge in [0.25, 0.3) is 17.7 Å². The van der Waals surface area contributed by atoms with Gasteiger partial charge in [-0.05, 0) is 56.2 Å². The standard InChI is InChI=1S/C23H26N2O5/c1-4-30-18-9-6-16(7-10-18)15(2)24-21(26)17-8-11-19-20(14-17)23(28)25(22(19)27)12-5-13-29-3/h6-11,14-15H,4-5,12-13H2,1-3H3,(H,24,26). The number of nitrogens with zero attached hydrogens (tertiary/aromatic N) is 1. The molecule has 0 aliphatic carbocycles. The summed E-state index contributed by atoms with van der Waals surface area (Å²) < 4.78 is 10.4. The first-order valence-corrected chi connectivity index (χ1v) is 9.99. The van der Waals surface area contributed by atoms with E-state index in [2.05, 4.69) is 5.32 Å². The van der Waals surface area contributed by atoms with E-state index in [0.29, 0.717) is 30.8 Å². The lowest BCUT2D eigenvalue weighted by Gasteiger charge is -2.15. The van der Waals surface area contributed by atoms with Crippen LogP contribution in [0.1, 0.15) is 62.9 Å². The van der Waals surface area contributed by atoms with Gasteiger partial charge in [0.15, 0.2) is 0 Å². The number of amides is 3. The van der Waals surface area contributed by atoms with Gasteiger partial charge in [0.05, 0.1) is 23.8 Å². The maximum Gasteiger partial charge on any atom is 0.261 e. The normalized spacial score (nSPS) is 13.9. The zero-order valence-corrected chi connectivity index (χ0v) is 17.4. The Labute approximate surface area is 176 Å². The number of carbonyl (C=O) groups is 3. The molecule has 3 amide bonds. The Morgan fingerprint density at radius 2 is 1.77 bits per heavy atom. The van der Waals surface area contributed by atoms with Gasteiger partial charge in [-0.15, -0.1) is 0 Å². The lowest BCUT2D eigenvalue weighted by molar-refractivity contribution is 0.0638. The molecule has 0 saturated heterocycles. The Morgan fingerprint density at radius 3 is 2.43 bits per heavy atom. The van der Waals surface area contributed by atoms with Gasteiger partial charge >= 0.3 is 0 Å². The molecule has 1 heterocycles. The number of rotatable bonds is 9. The molecule has 0 radical (unpaired) electrons. The van der Waals surface area contributed by atoms with Gasteiger partial charge in [-0.2, -0.15) is 0 Å². The van der Waals surface area contributed by atoms with Crippen LogP contribution in [-0.4, -0.2) is 49.5 Å². The van der Waals surface area contributed by atoms with Crippen molar-refractivity contribution in [3.8, 4) is 5.75 Å². The molecular formula is C23H26N2O5. The molecule has 2 aromatic carbocycles. The Kier molecular flexibility index (Phi) is 6.84. The number of fused-ring (bicyclic) bond motifs is 1. The SMILES string of the molecule is CCOc1ccc(C(C)NC(=O)c2ccc3c(c2)C(=O)N(CCCOC)C3=O)cc1. The zero-order valence-electron chi connectivity index (χ0n) is 17.4. The van der Waals surface area contributed by atoms with E-state index in [1.807, 2.05) is 38.1 Å². The number of hydrogen-bond acceptors (Lipinski definition) is 5. The summed E-state index contributed by atoms with van der Waals surface area (Å²) in [5.74, 6) is -0.241. The maximum absolute atomic E-state index is 12.7. The summed E-state index contributed by atoms with van der Waals surface area (Å²) in [7, 11) is 1.57. The summed E-state index contributed by atoms with van der Waals surface area (Å²) in [5.41, 5.74) is 1.86. The minimum Gasteiger partial charge on any atom is -0.494 e. The number of benzene rings is 2. The Balaban J connectivity index is 1.70. The lowest BCUT2D eigenvalue weighted by atomic mass is 10.0. The van der Waals surface area contributed by atoms with Crippen molar-refractivity contribution in [3.05, 3.63) is 64.7 Å². The predicted molar refractivity (Wildman–Crippen MR) is 112 cm³/mol. The first kappa shape index (κ1) is 21.5. The van der Waals surface area contributed by atoms with Crippen LogP contribution < -0.4 is 10.1 Å². The van der Waals surface area contributed by atoms with Crippen molar-refractivity contribution < 1.29 is 23.9 Å². The van der Waals surface area contributed by atoms with Crippen molar-refractivity contribution in [2.75, 3.05) is 26.9 Å². The second kappa shape index (κ2) is 9.54. The van der Waals surface area contributed by atoms with E-state index >= 15 is 0 Å². The van der Waals surface area contributed by atoms with Crippen molar-refractivity contribution in [3.63, 3.8) is 0 Å². The highest BCUT2D eigenvalue weighted by molar-refractivity contribution is 6.22. The van der Waals surface area contributed by atoms with Crippen LogP contribution in [-0.2, 0) is 4.74 Å². The van der Waals surface area contributed by atoms with Crippen molar-refractivity contribution in [2.45, 2.75) is 26.3 Å². The Bertz CT molecular complexity index is 939. The van der Waals surface area contributed by atoms with E-state index in [9.17, 15) is 14.4 Å². The molecule has 2 aromatic rings. The largest absolute Gasteiger partial charge is 0.494 e. The predicted octanol–water partition coefficient (Wildman–Crippen LogP) is 3.21. The van der Waals surface area contributed by atoms with Crippen LogP contribution in [0.5, 0.6) is 5.75 Å². The highest BCUT2D eigenvalue weighted by atomic mass is 16.5. The topological polar surface area (TPSA) is 84.9 Å². The monoisotopic (exact) mass is 410 g/mol. The molecule has 1 unspecified atom stereocenters. The third-order valence-electron chi connectivity index (χ3n) is 5.00. The Hall–Kier alpha value is -3.19. The van der Waals surface area contributed by atoms with E-state index < -0.39 is 0 Å². The number of hydrogen-bond donors (Lipinski definition) is 1. The van der Waals surface area contributed by atoms with Crippen LogP contribution in [0.15, 0.2) is 42.5 Å². The second-order valence-electron chi connectivity index (χ2n) is 7.07. The average molecular weight is 410 g/mol. The summed E-state index contributed by atoms with van der Waals surface area (Å²) in [4.78, 5) is 39.0. The number of carbonyl (C=O) groups excluding carboxylic acids is 3. The zero-order chi connectivity index (χ0) is 21.7. The molecule has 1 aliphatic heterocycles. The molecule has 0 aromatic heterocycles. The first-order valence-electron chi connectivity index (χ1n) is 9.99. The number of imide groups is 1. The quantitative estimate of drug-likeness (QED) is 0.507. The van der Waals surface area contributed by atoms with E-state index in [1.165, 1.54) is 11.0 Å². The highest BCUT2D eigenvalue weighted by Crippen LogP contribution is 2.25. The van der Waals surface area contributed by atoms with E-state index in [0.717, 1.165) is 11.3 Å². The van der Waals surface area contributed by atoms with Crippen LogP contribution in [0.2, 0.25) is 0 Å². The van der Waals surface area contributed by atoms with Gasteiger partial charge in [0.2, 0.25) is 0 Å². The number of methoxy groups -OCH3 is 1. The van der Waals surface area contributed by atoms with E-state index in [1.54, 1.807) is 19.2 Å². The van der Waals surface area contributed by atoms with Crippen molar-refractivity contribution in [1.82, 2.24) is 10.2 Å². The summed E-state index contributed by atoms with van der Waals surface area (Å²) in [5, 5.41) is 2.93. The Morgan fingerprint density at radius 1 is 1.07 bits per heavy atom. The van der Waals surface area contributed by atoms with Gasteiger partial charge < -0.3 is 14.8 Å². The molecule has 158 valence electrons. The van der Waals surface area contributed by atoms with Crippen LogP contribution >= 0.6 is 0 Å². The average Bonchev–Trinajstić information content (AvgIpc) is 2.99. The minimum atomic E-state index is -0.375. The molecule has 1 aliphatic rings. The molecule has 0 saturated carbocycles. The molecule has 1 N–H and O–H groups in total. The minimum absolute atomic E-state index is 0.232. The summed E-state index contributed by atoms with van der Waals surface area (Å²) in [6, 6.07) is 11.9. The van der Waals surface area contributed by atoms with Gasteiger partial charge in [-0.1, -0.05) is 12.1 Å². The maximum atomic E-state index is 12.7. The molecule has 1 atom stereocenters. The molecule has 0 fully saturated rings. The molecule has 30 heavy (non-hydrogen) atoms. The summed E-state index contributed by atoms with van der Waals surface area (Å²) >= 11 is 0. The smallest absolute Gasteiger partial charge is 0.261 e. The molecular weight excluding hydrogens is 384 g/mol. The fourth-order valence-corrected chi connectivity index (χ4v) is 3.38. The van der Waals surface area contributed by atoms with Crippen LogP contribution in [0.4, 0.5) is 0 Å². The van der Waals surface area contributed by atoms with Crippen molar-refractivity contribution in [1.29, 1.82) is 0 Å². The fraction of sp³-hybridized carbons (Fsp3) is 0.348. The molecule has 7 nitrogen and oxygen atoms in total. The summed E-state index contributed by atoms with van der Waals surface area (Å²) in [6.07, 6.45) is 0.564. The summed E-state index contributed by atoms with van der Waals surface area (Å²) in [6.45, 7) is 5.15. The second-order valence-corrected chi connectivity index (χ2v) is 7.07. The molecule has 3 rings (SSSR count). The van der Waals surface area contributed by atoms with Gasteiger partial charge in [0.1, 0.15) is 5.75 Å². The molecule has 0 bridgehead atoms. The first-order chi connectivity index (χ1) is 14.5.